The zero-order chi connectivity index (χ0) is 31.3. The van der Waals surface area contributed by atoms with Gasteiger partial charge in [-0.25, -0.2) is 17.6 Å². The number of nitrogens with one attached hydrogen (secondary N) is 1. The Hall–Kier alpha value is -5.24. The molecular formula is C30H26FN3O9S. The van der Waals surface area contributed by atoms with Crippen LogP contribution in [0.4, 0.5) is 4.39 Å². The summed E-state index contributed by atoms with van der Waals surface area (Å²) in [4.78, 5) is 24.7. The summed E-state index contributed by atoms with van der Waals surface area (Å²) in [5, 5.41) is 18.0. The van der Waals surface area contributed by atoms with Crippen LogP contribution in [0.2, 0.25) is 0 Å². The van der Waals surface area contributed by atoms with Crippen molar-refractivity contribution in [2.75, 3.05) is 13.2 Å². The van der Waals surface area contributed by atoms with Crippen LogP contribution < -0.4 is 25.3 Å². The summed E-state index contributed by atoms with van der Waals surface area (Å²) >= 11 is 0. The van der Waals surface area contributed by atoms with Crippen LogP contribution in [0.1, 0.15) is 23.1 Å². The molecule has 2 heterocycles. The quantitative estimate of drug-likeness (QED) is 0.124. The molecule has 228 valence electrons. The minimum atomic E-state index is -4.25. The number of ether oxygens (including phenoxy) is 2. The Labute approximate surface area is 250 Å². The molecule has 2 aromatic heterocycles. The van der Waals surface area contributed by atoms with Crippen LogP contribution in [0, 0.1) is 17.9 Å². The van der Waals surface area contributed by atoms with Crippen LogP contribution in [-0.2, 0) is 27.6 Å². The molecule has 0 atom stereocenters. The van der Waals surface area contributed by atoms with E-state index in [9.17, 15) is 27.6 Å². The van der Waals surface area contributed by atoms with E-state index in [1.54, 1.807) is 37.3 Å². The fourth-order valence-electron chi connectivity index (χ4n) is 4.42. The minimum absolute atomic E-state index is 0.0612. The molecule has 0 aliphatic heterocycles. The summed E-state index contributed by atoms with van der Waals surface area (Å²) in [5.41, 5.74) is 1.49. The summed E-state index contributed by atoms with van der Waals surface area (Å²) < 4.78 is 59.8. The molecule has 1 amide bonds. The first-order valence-electron chi connectivity index (χ1n) is 13.4. The van der Waals surface area contributed by atoms with Crippen molar-refractivity contribution in [1.29, 1.82) is 0 Å². The number of hydrogen-bond donors (Lipinski definition) is 1. The van der Waals surface area contributed by atoms with Gasteiger partial charge in [-0.15, -0.1) is 0 Å². The van der Waals surface area contributed by atoms with Crippen molar-refractivity contribution in [3.8, 4) is 11.6 Å². The first kappa shape index (κ1) is 30.2. The van der Waals surface area contributed by atoms with Crippen LogP contribution in [0.5, 0.6) is 11.6 Å². The molecule has 0 aliphatic rings. The minimum Gasteiger partial charge on any atom is -0.490 e. The smallest absolute Gasteiger partial charge is 0.415 e. The van der Waals surface area contributed by atoms with Gasteiger partial charge in [-0.1, -0.05) is 30.3 Å². The molecule has 0 saturated heterocycles. The molecule has 44 heavy (non-hydrogen) atoms. The molecule has 0 saturated carbocycles. The number of carbonyl (C=O) groups excluding carboxylic acids is 1. The van der Waals surface area contributed by atoms with E-state index in [1.807, 2.05) is 0 Å². The fourth-order valence-corrected chi connectivity index (χ4v) is 5.72. The zero-order valence-electron chi connectivity index (χ0n) is 23.3. The molecule has 0 fully saturated rings. The van der Waals surface area contributed by atoms with Crippen LogP contribution >= 0.6 is 0 Å². The maximum absolute atomic E-state index is 13.1. The van der Waals surface area contributed by atoms with Crippen molar-refractivity contribution in [3.63, 3.8) is 0 Å². The molecule has 0 radical (unpaired) electrons. The van der Waals surface area contributed by atoms with E-state index in [1.165, 1.54) is 42.5 Å². The average Bonchev–Trinajstić information content (AvgIpc) is 3.40. The van der Waals surface area contributed by atoms with E-state index in [4.69, 9.17) is 13.9 Å². The van der Waals surface area contributed by atoms with Gasteiger partial charge >= 0.3 is 16.5 Å². The van der Waals surface area contributed by atoms with Crippen molar-refractivity contribution < 1.29 is 41.0 Å². The lowest BCUT2D eigenvalue weighted by Gasteiger charge is -2.10. The monoisotopic (exact) mass is 623 g/mol. The summed E-state index contributed by atoms with van der Waals surface area (Å²) in [6, 6.07) is 18.0. The SMILES string of the molecule is Cc1c(CCC(=O)NCc2ccc(F)cc2)c(=O)oc2cc(OCCOc3no[n+]([O-])c3S(=O)(=O)c3ccccc3)ccc12. The van der Waals surface area contributed by atoms with Crippen molar-refractivity contribution in [3.05, 3.63) is 111 Å². The zero-order valence-corrected chi connectivity index (χ0v) is 24.1. The van der Waals surface area contributed by atoms with E-state index < -0.39 is 26.4 Å². The predicted octanol–water partition coefficient (Wildman–Crippen LogP) is 3.40. The van der Waals surface area contributed by atoms with Crippen LogP contribution in [0.3, 0.4) is 0 Å². The third-order valence-electron chi connectivity index (χ3n) is 6.71. The Balaban J connectivity index is 1.18. The van der Waals surface area contributed by atoms with Gasteiger partial charge in [0.25, 0.3) is 9.84 Å². The number of carbonyl (C=O) groups is 1. The molecule has 5 aromatic rings. The maximum Gasteiger partial charge on any atom is 0.415 e. The van der Waals surface area contributed by atoms with Gasteiger partial charge in [0.05, 0.1) is 10.1 Å². The van der Waals surface area contributed by atoms with E-state index in [0.29, 0.717) is 22.3 Å². The van der Waals surface area contributed by atoms with Crippen molar-refractivity contribution in [1.82, 2.24) is 10.5 Å². The maximum atomic E-state index is 13.1. The van der Waals surface area contributed by atoms with Crippen LogP contribution in [0.25, 0.3) is 11.0 Å². The van der Waals surface area contributed by atoms with E-state index in [0.717, 1.165) is 5.56 Å². The third kappa shape index (κ3) is 6.70. The van der Waals surface area contributed by atoms with Crippen LogP contribution in [0.15, 0.2) is 96.6 Å². The molecule has 0 bridgehead atoms. The first-order chi connectivity index (χ1) is 21.1. The Morgan fingerprint density at radius 1 is 1.05 bits per heavy atom. The number of nitrogens with zero attached hydrogens (tertiary/aromatic N) is 2. The molecule has 0 spiro atoms. The molecule has 5 rings (SSSR count). The summed E-state index contributed by atoms with van der Waals surface area (Å²) in [6.07, 6.45) is 0.230. The lowest BCUT2D eigenvalue weighted by Crippen LogP contribution is -2.31. The second kappa shape index (κ2) is 13.0. The lowest BCUT2D eigenvalue weighted by molar-refractivity contribution is -0.832. The van der Waals surface area contributed by atoms with Gasteiger partial charge in [0.15, 0.2) is 0 Å². The number of amides is 1. The summed E-state index contributed by atoms with van der Waals surface area (Å²) in [5.74, 6) is -0.794. The number of hydrogen-bond acceptors (Lipinski definition) is 10. The number of aryl methyl sites for hydroxylation is 1. The van der Waals surface area contributed by atoms with Crippen molar-refractivity contribution in [2.24, 2.45) is 0 Å². The fraction of sp³-hybridized carbons (Fsp3) is 0.200. The Morgan fingerprint density at radius 3 is 2.52 bits per heavy atom. The third-order valence-corrected chi connectivity index (χ3v) is 8.43. The standard InChI is InChI=1S/C30H26FN3O9S/c1-19-24-12-11-22(40-15-16-41-28-29(34(37)43-33-28)44(38,39)23-5-3-2-4-6-23)17-26(24)42-30(36)25(19)13-14-27(35)32-18-20-7-9-21(31)10-8-20/h2-12,17H,13-16,18H2,1H3,(H,32,35). The predicted molar refractivity (Wildman–Crippen MR) is 152 cm³/mol. The number of sulfone groups is 1. The molecule has 1 N–H and O–H groups in total. The highest BCUT2D eigenvalue weighted by atomic mass is 32.2. The van der Waals surface area contributed by atoms with E-state index in [2.05, 4.69) is 15.1 Å². The summed E-state index contributed by atoms with van der Waals surface area (Å²) in [6.45, 7) is 1.74. The Bertz CT molecular complexity index is 1960. The first-order valence-corrected chi connectivity index (χ1v) is 14.8. The average molecular weight is 624 g/mol. The van der Waals surface area contributed by atoms with Crippen molar-refractivity contribution in [2.45, 2.75) is 36.2 Å². The van der Waals surface area contributed by atoms with E-state index in [-0.39, 0.29) is 59.7 Å². The highest BCUT2D eigenvalue weighted by Gasteiger charge is 2.35. The number of aromatic nitrogens is 2. The van der Waals surface area contributed by atoms with Gasteiger partial charge < -0.3 is 24.4 Å². The van der Waals surface area contributed by atoms with Gasteiger partial charge in [0, 0.05) is 30.0 Å². The Kier molecular flexibility index (Phi) is 8.90. The number of halogens is 1. The molecular weight excluding hydrogens is 597 g/mol. The Morgan fingerprint density at radius 2 is 1.77 bits per heavy atom. The van der Waals surface area contributed by atoms with Crippen LogP contribution in [-0.4, -0.2) is 32.7 Å². The van der Waals surface area contributed by atoms with Gasteiger partial charge in [-0.2, -0.15) is 0 Å². The molecule has 14 heteroatoms. The number of benzene rings is 3. The number of fused-ring (bicyclic) bond motifs is 1. The van der Waals surface area contributed by atoms with Gasteiger partial charge in [0.1, 0.15) is 30.4 Å². The largest absolute Gasteiger partial charge is 0.490 e. The number of rotatable bonds is 12. The topological polar surface area (TPSA) is 165 Å². The normalized spacial score (nSPS) is 11.4. The molecule has 0 unspecified atom stereocenters. The van der Waals surface area contributed by atoms with Gasteiger partial charge in [0.2, 0.25) is 5.91 Å². The van der Waals surface area contributed by atoms with E-state index >= 15 is 0 Å². The van der Waals surface area contributed by atoms with Gasteiger partial charge in [-0.05, 0) is 65.8 Å². The molecule has 12 nitrogen and oxygen atoms in total. The molecule has 3 aromatic carbocycles. The second-order valence-electron chi connectivity index (χ2n) is 9.61. The highest BCUT2D eigenvalue weighted by Crippen LogP contribution is 2.26. The highest BCUT2D eigenvalue weighted by molar-refractivity contribution is 7.91. The molecule has 0 aliphatic carbocycles. The van der Waals surface area contributed by atoms with Crippen molar-refractivity contribution >= 4 is 26.7 Å². The second-order valence-corrected chi connectivity index (χ2v) is 11.5. The summed E-state index contributed by atoms with van der Waals surface area (Å²) in [7, 11) is -4.25. The lowest BCUT2D eigenvalue weighted by atomic mass is 10.0. The van der Waals surface area contributed by atoms with Gasteiger partial charge in [-0.3, -0.25) is 9.42 Å².